The number of amides is 1. The van der Waals surface area contributed by atoms with E-state index in [2.05, 4.69) is 5.32 Å². The van der Waals surface area contributed by atoms with E-state index in [1.807, 2.05) is 39.0 Å². The smallest absolute Gasteiger partial charge is 0.265 e. The van der Waals surface area contributed by atoms with Crippen molar-refractivity contribution in [2.45, 2.75) is 34.6 Å². The molecule has 1 amide bonds. The Kier molecular flexibility index (Phi) is 4.89. The van der Waals surface area contributed by atoms with Crippen LogP contribution in [0.4, 0.5) is 5.69 Å². The van der Waals surface area contributed by atoms with Crippen LogP contribution in [0.15, 0.2) is 24.3 Å². The van der Waals surface area contributed by atoms with Crippen molar-refractivity contribution >= 4 is 11.6 Å². The quantitative estimate of drug-likeness (QED) is 0.696. The molecule has 2 rings (SSSR count). The van der Waals surface area contributed by atoms with Crippen molar-refractivity contribution in [1.29, 1.82) is 0 Å². The Hall–Kier alpha value is -2.56. The highest BCUT2D eigenvalue weighted by Crippen LogP contribution is 2.24. The molecular formula is C18H22N2O3. The van der Waals surface area contributed by atoms with Crippen LogP contribution in [0.3, 0.4) is 0 Å². The van der Waals surface area contributed by atoms with Gasteiger partial charge in [-0.2, -0.15) is 4.73 Å². The van der Waals surface area contributed by atoms with E-state index in [0.29, 0.717) is 23.7 Å². The lowest BCUT2D eigenvalue weighted by Gasteiger charge is -2.15. The lowest BCUT2D eigenvalue weighted by Crippen LogP contribution is -2.37. The molecular weight excluding hydrogens is 292 g/mol. The van der Waals surface area contributed by atoms with Gasteiger partial charge >= 0.3 is 0 Å². The predicted octanol–water partition coefficient (Wildman–Crippen LogP) is 3.20. The maximum atomic E-state index is 12.7. The summed E-state index contributed by atoms with van der Waals surface area (Å²) in [6, 6.07) is 7.31. The Morgan fingerprint density at radius 1 is 1.26 bits per heavy atom. The normalized spacial score (nSPS) is 10.5. The molecule has 0 bridgehead atoms. The van der Waals surface area contributed by atoms with Crippen molar-refractivity contribution < 1.29 is 14.3 Å². The molecule has 0 fully saturated rings. The molecule has 1 aromatic heterocycles. The molecule has 0 spiro atoms. The number of benzene rings is 1. The fourth-order valence-corrected chi connectivity index (χ4v) is 2.48. The maximum absolute atomic E-state index is 12.7. The van der Waals surface area contributed by atoms with E-state index >= 15 is 0 Å². The van der Waals surface area contributed by atoms with Crippen LogP contribution in [0.5, 0.6) is 5.75 Å². The number of nitrogens with zero attached hydrogens (tertiary/aromatic N) is 1. The fourth-order valence-electron chi connectivity index (χ4n) is 2.48. The summed E-state index contributed by atoms with van der Waals surface area (Å²) in [5.41, 5.74) is 3.92. The summed E-state index contributed by atoms with van der Waals surface area (Å²) in [5.74, 6) is 0.0849. The Bertz CT molecular complexity index is 754. The Labute approximate surface area is 136 Å². The van der Waals surface area contributed by atoms with E-state index in [0.717, 1.165) is 21.5 Å². The molecule has 0 radical (unpaired) electrons. The number of aromatic nitrogens is 1. The Balaban J connectivity index is 2.46. The number of pyridine rings is 1. The van der Waals surface area contributed by atoms with E-state index in [-0.39, 0.29) is 11.5 Å². The van der Waals surface area contributed by atoms with E-state index < -0.39 is 0 Å². The number of hydrogen-bond donors (Lipinski definition) is 1. The van der Waals surface area contributed by atoms with Gasteiger partial charge in [0.1, 0.15) is 11.3 Å². The first kappa shape index (κ1) is 16.8. The molecule has 0 aliphatic rings. The van der Waals surface area contributed by atoms with Crippen LogP contribution in [-0.2, 0) is 0 Å². The molecule has 122 valence electrons. The average molecular weight is 314 g/mol. The van der Waals surface area contributed by atoms with Gasteiger partial charge in [0.25, 0.3) is 5.91 Å². The number of carbonyl (C=O) groups is 1. The van der Waals surface area contributed by atoms with Crippen molar-refractivity contribution in [3.63, 3.8) is 0 Å². The standard InChI is InChI=1S/C18H22N2O3/c1-6-23-16-10-12(3)20(22)14(5)17(16)18(21)19-15-9-7-8-11(2)13(15)4/h7-10H,6H2,1-5H3,(H,19,21). The lowest BCUT2D eigenvalue weighted by molar-refractivity contribution is -0.619. The molecule has 0 saturated carbocycles. The van der Waals surface area contributed by atoms with Gasteiger partial charge in [-0.3, -0.25) is 4.79 Å². The highest BCUT2D eigenvalue weighted by molar-refractivity contribution is 6.07. The number of hydrogen-bond acceptors (Lipinski definition) is 3. The molecule has 0 saturated heterocycles. The molecule has 5 heteroatoms. The minimum Gasteiger partial charge on any atom is -0.618 e. The highest BCUT2D eigenvalue weighted by atomic mass is 16.5. The summed E-state index contributed by atoms with van der Waals surface area (Å²) >= 11 is 0. The molecule has 5 nitrogen and oxygen atoms in total. The summed E-state index contributed by atoms with van der Waals surface area (Å²) in [6.45, 7) is 9.51. The monoisotopic (exact) mass is 314 g/mol. The number of nitrogens with one attached hydrogen (secondary N) is 1. The average Bonchev–Trinajstić information content (AvgIpc) is 2.50. The largest absolute Gasteiger partial charge is 0.618 e. The molecule has 23 heavy (non-hydrogen) atoms. The highest BCUT2D eigenvalue weighted by Gasteiger charge is 2.24. The van der Waals surface area contributed by atoms with Crippen molar-refractivity contribution in [3.8, 4) is 5.75 Å². The van der Waals surface area contributed by atoms with Gasteiger partial charge in [0.05, 0.1) is 6.61 Å². The topological polar surface area (TPSA) is 65.3 Å². The number of carbonyl (C=O) groups excluding carboxylic acids is 1. The van der Waals surface area contributed by atoms with E-state index in [1.165, 1.54) is 0 Å². The van der Waals surface area contributed by atoms with Gasteiger partial charge in [0, 0.05) is 25.6 Å². The summed E-state index contributed by atoms with van der Waals surface area (Å²) < 4.78 is 6.30. The minimum atomic E-state index is -0.343. The molecule has 0 aliphatic carbocycles. The number of anilines is 1. The van der Waals surface area contributed by atoms with Crippen LogP contribution in [0.1, 0.15) is 39.8 Å². The third-order valence-corrected chi connectivity index (χ3v) is 3.95. The van der Waals surface area contributed by atoms with Gasteiger partial charge in [-0.15, -0.1) is 0 Å². The summed E-state index contributed by atoms with van der Waals surface area (Å²) in [5, 5.41) is 15.0. The van der Waals surface area contributed by atoms with Crippen LogP contribution in [0, 0.1) is 32.9 Å². The van der Waals surface area contributed by atoms with E-state index in [1.54, 1.807) is 19.9 Å². The maximum Gasteiger partial charge on any atom is 0.265 e. The number of aryl methyl sites for hydroxylation is 2. The molecule has 0 aliphatic heterocycles. The zero-order chi connectivity index (χ0) is 17.1. The van der Waals surface area contributed by atoms with Crippen LogP contribution in [0.25, 0.3) is 0 Å². The lowest BCUT2D eigenvalue weighted by atomic mass is 10.1. The third-order valence-electron chi connectivity index (χ3n) is 3.95. The fraction of sp³-hybridized carbons (Fsp3) is 0.333. The number of ether oxygens (including phenoxy) is 1. The van der Waals surface area contributed by atoms with Gasteiger partial charge in [-0.05, 0) is 38.0 Å². The van der Waals surface area contributed by atoms with Crippen molar-refractivity contribution in [2.75, 3.05) is 11.9 Å². The van der Waals surface area contributed by atoms with E-state index in [9.17, 15) is 10.0 Å². The molecule has 1 heterocycles. The zero-order valence-electron chi connectivity index (χ0n) is 14.2. The van der Waals surface area contributed by atoms with Crippen molar-refractivity contribution in [1.82, 2.24) is 0 Å². The van der Waals surface area contributed by atoms with Gasteiger partial charge in [-0.1, -0.05) is 12.1 Å². The van der Waals surface area contributed by atoms with Crippen LogP contribution in [0.2, 0.25) is 0 Å². The number of rotatable bonds is 4. The molecule has 0 atom stereocenters. The second kappa shape index (κ2) is 6.69. The molecule has 1 N–H and O–H groups in total. The summed E-state index contributed by atoms with van der Waals surface area (Å²) in [6.07, 6.45) is 0. The first-order chi connectivity index (χ1) is 10.9. The van der Waals surface area contributed by atoms with Gasteiger partial charge < -0.3 is 15.3 Å². The van der Waals surface area contributed by atoms with E-state index in [4.69, 9.17) is 4.74 Å². The van der Waals surface area contributed by atoms with Crippen molar-refractivity contribution in [3.05, 3.63) is 57.6 Å². The van der Waals surface area contributed by atoms with Crippen LogP contribution >= 0.6 is 0 Å². The van der Waals surface area contributed by atoms with Crippen LogP contribution in [-0.4, -0.2) is 12.5 Å². The van der Waals surface area contributed by atoms with Gasteiger partial charge in [-0.25, -0.2) is 0 Å². The zero-order valence-corrected chi connectivity index (χ0v) is 14.2. The van der Waals surface area contributed by atoms with Gasteiger partial charge in [0.2, 0.25) is 5.69 Å². The predicted molar refractivity (Wildman–Crippen MR) is 89.9 cm³/mol. The first-order valence-electron chi connectivity index (χ1n) is 7.61. The Morgan fingerprint density at radius 2 is 1.96 bits per heavy atom. The second-order valence-corrected chi connectivity index (χ2v) is 5.54. The SMILES string of the molecule is CCOc1cc(C)[n+]([O-])c(C)c1C(=O)Nc1cccc(C)c1C. The minimum absolute atomic E-state index is 0.272. The second-order valence-electron chi connectivity index (χ2n) is 5.54. The third kappa shape index (κ3) is 3.28. The van der Waals surface area contributed by atoms with Crippen molar-refractivity contribution in [2.24, 2.45) is 0 Å². The molecule has 1 aromatic carbocycles. The Morgan fingerprint density at radius 3 is 2.61 bits per heavy atom. The summed E-state index contributed by atoms with van der Waals surface area (Å²) in [4.78, 5) is 12.7. The molecule has 2 aromatic rings. The first-order valence-corrected chi connectivity index (χ1v) is 7.61. The van der Waals surface area contributed by atoms with Gasteiger partial charge in [0.15, 0.2) is 5.69 Å². The summed E-state index contributed by atoms with van der Waals surface area (Å²) in [7, 11) is 0. The molecule has 0 unspecified atom stereocenters. The van der Waals surface area contributed by atoms with Crippen LogP contribution < -0.4 is 14.8 Å².